The molecule has 0 spiro atoms. The Kier molecular flexibility index (Phi) is 8.05. The summed E-state index contributed by atoms with van der Waals surface area (Å²) in [6, 6.07) is 29.8. The van der Waals surface area contributed by atoms with E-state index in [9.17, 15) is 13.2 Å². The fourth-order valence-electron chi connectivity index (χ4n) is 3.80. The van der Waals surface area contributed by atoms with Gasteiger partial charge in [0.15, 0.2) is 0 Å². The Balaban J connectivity index is 1.70. The molecule has 4 aromatic carbocycles. The van der Waals surface area contributed by atoms with Crippen LogP contribution in [-0.2, 0) is 10.0 Å². The Bertz CT molecular complexity index is 1400. The third-order valence-corrected chi connectivity index (χ3v) is 7.36. The summed E-state index contributed by atoms with van der Waals surface area (Å²) in [6.07, 6.45) is 0. The first-order chi connectivity index (χ1) is 17.3. The van der Waals surface area contributed by atoms with Crippen LogP contribution in [0.5, 0.6) is 0 Å². The largest absolute Gasteiger partial charge is 0.329 e. The maximum absolute atomic E-state index is 13.4. The van der Waals surface area contributed by atoms with Gasteiger partial charge in [-0.3, -0.25) is 0 Å². The van der Waals surface area contributed by atoms with Crippen molar-refractivity contribution in [1.29, 1.82) is 0 Å². The predicted octanol–water partition coefficient (Wildman–Crippen LogP) is 6.23. The zero-order chi connectivity index (χ0) is 25.5. The molecule has 0 aliphatic heterocycles. The quantitative estimate of drug-likeness (QED) is 0.258. The predicted molar refractivity (Wildman–Crippen MR) is 143 cm³/mol. The molecule has 4 aromatic rings. The van der Waals surface area contributed by atoms with Crippen LogP contribution in [0.1, 0.15) is 28.8 Å². The summed E-state index contributed by atoms with van der Waals surface area (Å²) in [5.74, 6) is 0. The van der Waals surface area contributed by atoms with Gasteiger partial charge < -0.3 is 10.6 Å². The number of nitrogens with one attached hydrogen (secondary N) is 3. The summed E-state index contributed by atoms with van der Waals surface area (Å²) in [4.78, 5) is 13.2. The third kappa shape index (κ3) is 6.51. The van der Waals surface area contributed by atoms with E-state index in [0.717, 1.165) is 11.1 Å². The van der Waals surface area contributed by atoms with Crippen LogP contribution in [0.2, 0.25) is 5.02 Å². The molecule has 8 heteroatoms. The number of benzene rings is 4. The lowest BCUT2D eigenvalue weighted by molar-refractivity contribution is 0.245. The molecule has 36 heavy (non-hydrogen) atoms. The molecule has 0 radical (unpaired) electrons. The highest BCUT2D eigenvalue weighted by Crippen LogP contribution is 2.31. The molecule has 0 bridgehead atoms. The standard InChI is InChI=1S/C28H26ClN3O3S/c1-20-12-18-25(19-13-20)36(34,35)32-27(22-10-6-3-7-11-22)26(21-8-4-2-5-9-21)31-28(33)30-24-16-14-23(29)15-17-24/h2-19,26-27,32H,1H3,(H2,30,31,33)/t26-,27+/m0/s1. The molecule has 0 saturated carbocycles. The van der Waals surface area contributed by atoms with Crippen molar-refractivity contribution in [2.24, 2.45) is 0 Å². The fourth-order valence-corrected chi connectivity index (χ4v) is 5.17. The first-order valence-electron chi connectivity index (χ1n) is 11.3. The van der Waals surface area contributed by atoms with Crippen LogP contribution in [0.25, 0.3) is 0 Å². The molecule has 0 unspecified atom stereocenters. The summed E-state index contributed by atoms with van der Waals surface area (Å²) in [5, 5.41) is 6.31. The second-order valence-electron chi connectivity index (χ2n) is 8.32. The molecule has 4 rings (SSSR count). The number of amides is 2. The maximum atomic E-state index is 13.4. The number of halogens is 1. The Morgan fingerprint density at radius 2 is 1.25 bits per heavy atom. The lowest BCUT2D eigenvalue weighted by Crippen LogP contribution is -2.42. The molecular weight excluding hydrogens is 494 g/mol. The molecular formula is C28H26ClN3O3S. The van der Waals surface area contributed by atoms with Gasteiger partial charge >= 0.3 is 6.03 Å². The van der Waals surface area contributed by atoms with E-state index in [1.54, 1.807) is 48.5 Å². The van der Waals surface area contributed by atoms with Crippen molar-refractivity contribution in [3.63, 3.8) is 0 Å². The summed E-state index contributed by atoms with van der Waals surface area (Å²) >= 11 is 5.95. The summed E-state index contributed by atoms with van der Waals surface area (Å²) in [7, 11) is -3.91. The van der Waals surface area contributed by atoms with Crippen LogP contribution in [0.15, 0.2) is 114 Å². The average Bonchev–Trinajstić information content (AvgIpc) is 2.89. The number of hydrogen-bond acceptors (Lipinski definition) is 3. The van der Waals surface area contributed by atoms with Gasteiger partial charge in [0, 0.05) is 10.7 Å². The highest BCUT2D eigenvalue weighted by Gasteiger charge is 2.31. The van der Waals surface area contributed by atoms with Crippen LogP contribution >= 0.6 is 11.6 Å². The zero-order valence-electron chi connectivity index (χ0n) is 19.6. The minimum atomic E-state index is -3.91. The first-order valence-corrected chi connectivity index (χ1v) is 13.2. The number of hydrogen-bond donors (Lipinski definition) is 3. The minimum absolute atomic E-state index is 0.145. The van der Waals surface area contributed by atoms with E-state index >= 15 is 0 Å². The Labute approximate surface area is 216 Å². The molecule has 0 fully saturated rings. The number of carbonyl (C=O) groups is 1. The van der Waals surface area contributed by atoms with E-state index in [2.05, 4.69) is 15.4 Å². The minimum Gasteiger partial charge on any atom is -0.329 e. The van der Waals surface area contributed by atoms with Crippen molar-refractivity contribution in [1.82, 2.24) is 10.0 Å². The molecule has 0 aliphatic rings. The normalized spacial score (nSPS) is 12.9. The molecule has 6 nitrogen and oxygen atoms in total. The number of rotatable bonds is 8. The molecule has 184 valence electrons. The SMILES string of the molecule is Cc1ccc(S(=O)(=O)N[C@H](c2ccccc2)[C@@H](NC(=O)Nc2ccc(Cl)cc2)c2ccccc2)cc1. The Hall–Kier alpha value is -3.65. The van der Waals surface area contributed by atoms with Crippen molar-refractivity contribution < 1.29 is 13.2 Å². The monoisotopic (exact) mass is 519 g/mol. The van der Waals surface area contributed by atoms with Crippen molar-refractivity contribution in [3.8, 4) is 0 Å². The van der Waals surface area contributed by atoms with Crippen LogP contribution in [0.4, 0.5) is 10.5 Å². The highest BCUT2D eigenvalue weighted by atomic mass is 35.5. The Morgan fingerprint density at radius 3 is 1.81 bits per heavy atom. The lowest BCUT2D eigenvalue weighted by atomic mass is 9.94. The molecule has 2 amide bonds. The summed E-state index contributed by atoms with van der Waals surface area (Å²) in [6.45, 7) is 1.89. The highest BCUT2D eigenvalue weighted by molar-refractivity contribution is 7.89. The second-order valence-corrected chi connectivity index (χ2v) is 10.5. The first kappa shape index (κ1) is 25.4. The van der Waals surface area contributed by atoms with Gasteiger partial charge in [0.25, 0.3) is 0 Å². The number of carbonyl (C=O) groups excluding carboxylic acids is 1. The van der Waals surface area contributed by atoms with E-state index in [4.69, 9.17) is 11.6 Å². The van der Waals surface area contributed by atoms with E-state index < -0.39 is 28.1 Å². The average molecular weight is 520 g/mol. The van der Waals surface area contributed by atoms with Crippen LogP contribution in [-0.4, -0.2) is 14.4 Å². The van der Waals surface area contributed by atoms with Crippen molar-refractivity contribution in [3.05, 3.63) is 131 Å². The van der Waals surface area contributed by atoms with Crippen LogP contribution in [0, 0.1) is 6.92 Å². The van der Waals surface area contributed by atoms with Crippen LogP contribution in [0.3, 0.4) is 0 Å². The molecule has 0 heterocycles. The molecule has 0 aliphatic carbocycles. The van der Waals surface area contributed by atoms with Gasteiger partial charge in [-0.1, -0.05) is 90.0 Å². The van der Waals surface area contributed by atoms with Gasteiger partial charge in [0.05, 0.1) is 17.0 Å². The maximum Gasteiger partial charge on any atom is 0.319 e. The van der Waals surface area contributed by atoms with E-state index in [-0.39, 0.29) is 4.90 Å². The van der Waals surface area contributed by atoms with E-state index in [0.29, 0.717) is 16.3 Å². The zero-order valence-corrected chi connectivity index (χ0v) is 21.1. The van der Waals surface area contributed by atoms with Crippen molar-refractivity contribution in [2.45, 2.75) is 23.9 Å². The van der Waals surface area contributed by atoms with Gasteiger partial charge in [-0.05, 0) is 54.4 Å². The smallest absolute Gasteiger partial charge is 0.319 e. The Morgan fingerprint density at radius 1 is 0.722 bits per heavy atom. The van der Waals surface area contributed by atoms with E-state index in [1.807, 2.05) is 67.6 Å². The van der Waals surface area contributed by atoms with Gasteiger partial charge in [-0.15, -0.1) is 0 Å². The second kappa shape index (κ2) is 11.4. The van der Waals surface area contributed by atoms with Gasteiger partial charge in [0.1, 0.15) is 0 Å². The molecule has 2 atom stereocenters. The van der Waals surface area contributed by atoms with Gasteiger partial charge in [-0.2, -0.15) is 0 Å². The fraction of sp³-hybridized carbons (Fsp3) is 0.107. The third-order valence-electron chi connectivity index (χ3n) is 5.65. The molecule has 0 saturated heterocycles. The summed E-state index contributed by atoms with van der Waals surface area (Å²) in [5.41, 5.74) is 2.95. The lowest BCUT2D eigenvalue weighted by Gasteiger charge is -2.30. The van der Waals surface area contributed by atoms with Crippen LogP contribution < -0.4 is 15.4 Å². The molecule has 3 N–H and O–H groups in total. The number of urea groups is 1. The van der Waals surface area contributed by atoms with Crippen molar-refractivity contribution in [2.75, 3.05) is 5.32 Å². The topological polar surface area (TPSA) is 87.3 Å². The summed E-state index contributed by atoms with van der Waals surface area (Å²) < 4.78 is 29.7. The number of anilines is 1. The van der Waals surface area contributed by atoms with E-state index in [1.165, 1.54) is 0 Å². The van der Waals surface area contributed by atoms with Crippen molar-refractivity contribution >= 4 is 33.3 Å². The van der Waals surface area contributed by atoms with Gasteiger partial charge in [0.2, 0.25) is 10.0 Å². The molecule has 0 aromatic heterocycles. The van der Waals surface area contributed by atoms with Gasteiger partial charge in [-0.25, -0.2) is 17.9 Å². The number of aryl methyl sites for hydroxylation is 1. The number of sulfonamides is 1.